The molecule has 0 radical (unpaired) electrons. The molecule has 0 saturated carbocycles. The van der Waals surface area contributed by atoms with Gasteiger partial charge in [-0.2, -0.15) is 0 Å². The molecule has 1 heterocycles. The Balaban J connectivity index is 2.10. The van der Waals surface area contributed by atoms with Crippen LogP contribution in [0.3, 0.4) is 0 Å². The number of nitrogens with zero attached hydrogens (tertiary/aromatic N) is 1. The van der Waals surface area contributed by atoms with Crippen molar-refractivity contribution >= 4 is 17.9 Å². The van der Waals surface area contributed by atoms with Crippen molar-refractivity contribution in [1.82, 2.24) is 20.9 Å². The van der Waals surface area contributed by atoms with Crippen LogP contribution in [0.1, 0.15) is 19.8 Å². The van der Waals surface area contributed by atoms with E-state index in [-0.39, 0.29) is 12.6 Å². The molecule has 3 amide bonds. The molecule has 20 heavy (non-hydrogen) atoms. The fraction of sp³-hybridized carbons (Fsp3) is 0.750. The molecule has 1 aliphatic heterocycles. The zero-order chi connectivity index (χ0) is 15.0. The van der Waals surface area contributed by atoms with E-state index in [0.29, 0.717) is 6.54 Å². The molecule has 1 fully saturated rings. The molecule has 0 bridgehead atoms. The molecule has 8 nitrogen and oxygen atoms in total. The fourth-order valence-corrected chi connectivity index (χ4v) is 2.01. The van der Waals surface area contributed by atoms with Crippen molar-refractivity contribution in [2.75, 3.05) is 32.7 Å². The van der Waals surface area contributed by atoms with E-state index in [2.05, 4.69) is 20.9 Å². The Labute approximate surface area is 117 Å². The fourth-order valence-electron chi connectivity index (χ4n) is 2.01. The van der Waals surface area contributed by atoms with Gasteiger partial charge in [-0.1, -0.05) is 0 Å². The Morgan fingerprint density at radius 1 is 1.10 bits per heavy atom. The predicted octanol–water partition coefficient (Wildman–Crippen LogP) is -1.03. The number of likely N-dealkylation sites (tertiary alicyclic amines) is 1. The monoisotopic (exact) mass is 286 g/mol. The lowest BCUT2D eigenvalue weighted by molar-refractivity contribution is -0.137. The lowest BCUT2D eigenvalue weighted by Crippen LogP contribution is -2.47. The Bertz CT molecular complexity index is 355. The number of carboxylic acid groups (broad SMARTS) is 1. The Morgan fingerprint density at radius 3 is 2.35 bits per heavy atom. The summed E-state index contributed by atoms with van der Waals surface area (Å²) in [5.41, 5.74) is 0. The van der Waals surface area contributed by atoms with Crippen LogP contribution in [0.15, 0.2) is 0 Å². The highest BCUT2D eigenvalue weighted by atomic mass is 16.4. The molecule has 0 spiro atoms. The van der Waals surface area contributed by atoms with Gasteiger partial charge in [-0.3, -0.25) is 14.5 Å². The average molecular weight is 286 g/mol. The Kier molecular flexibility index (Phi) is 6.78. The third-order valence-electron chi connectivity index (χ3n) is 3.17. The van der Waals surface area contributed by atoms with Gasteiger partial charge in [-0.15, -0.1) is 0 Å². The standard InChI is InChI=1S/C12H22N4O4/c1-9(16-4-2-3-5-16)6-14-12(20)15-7-10(17)13-8-11(18)19/h9H,2-8H2,1H3,(H,13,17)(H,18,19)(H2,14,15,20). The molecular formula is C12H22N4O4. The van der Waals surface area contributed by atoms with Crippen molar-refractivity contribution in [2.24, 2.45) is 0 Å². The van der Waals surface area contributed by atoms with E-state index in [1.54, 1.807) is 0 Å². The maximum absolute atomic E-state index is 11.5. The highest BCUT2D eigenvalue weighted by molar-refractivity contribution is 5.86. The van der Waals surface area contributed by atoms with Crippen LogP contribution in [0.4, 0.5) is 4.79 Å². The summed E-state index contributed by atoms with van der Waals surface area (Å²) in [4.78, 5) is 35.2. The minimum Gasteiger partial charge on any atom is -0.480 e. The van der Waals surface area contributed by atoms with Gasteiger partial charge in [0, 0.05) is 12.6 Å². The van der Waals surface area contributed by atoms with Crippen LogP contribution in [0, 0.1) is 0 Å². The van der Waals surface area contributed by atoms with E-state index >= 15 is 0 Å². The quantitative estimate of drug-likeness (QED) is 0.478. The van der Waals surface area contributed by atoms with Crippen LogP contribution in [0.2, 0.25) is 0 Å². The number of nitrogens with one attached hydrogen (secondary N) is 3. The van der Waals surface area contributed by atoms with E-state index in [9.17, 15) is 14.4 Å². The molecule has 1 aliphatic rings. The van der Waals surface area contributed by atoms with Crippen molar-refractivity contribution in [3.63, 3.8) is 0 Å². The van der Waals surface area contributed by atoms with Crippen molar-refractivity contribution in [1.29, 1.82) is 0 Å². The number of carbonyl (C=O) groups excluding carboxylic acids is 2. The molecular weight excluding hydrogens is 264 g/mol. The van der Waals surface area contributed by atoms with Gasteiger partial charge in [0.1, 0.15) is 6.54 Å². The number of amides is 3. The molecule has 1 saturated heterocycles. The molecule has 1 atom stereocenters. The summed E-state index contributed by atoms with van der Waals surface area (Å²) in [6.45, 7) is 3.99. The number of carbonyl (C=O) groups is 3. The zero-order valence-electron chi connectivity index (χ0n) is 11.6. The van der Waals surface area contributed by atoms with Crippen molar-refractivity contribution in [2.45, 2.75) is 25.8 Å². The lowest BCUT2D eigenvalue weighted by Gasteiger charge is -2.23. The highest BCUT2D eigenvalue weighted by Crippen LogP contribution is 2.10. The number of aliphatic carboxylic acids is 1. The maximum atomic E-state index is 11.5. The van der Waals surface area contributed by atoms with E-state index in [1.807, 2.05) is 6.92 Å². The summed E-state index contributed by atoms with van der Waals surface area (Å²) in [7, 11) is 0. The zero-order valence-corrected chi connectivity index (χ0v) is 11.6. The van der Waals surface area contributed by atoms with Gasteiger partial charge in [0.25, 0.3) is 0 Å². The smallest absolute Gasteiger partial charge is 0.322 e. The van der Waals surface area contributed by atoms with E-state index < -0.39 is 24.5 Å². The van der Waals surface area contributed by atoms with Gasteiger partial charge in [0.05, 0.1) is 6.54 Å². The maximum Gasteiger partial charge on any atom is 0.322 e. The number of rotatable bonds is 7. The normalized spacial score (nSPS) is 16.4. The van der Waals surface area contributed by atoms with Crippen LogP contribution < -0.4 is 16.0 Å². The molecule has 8 heteroatoms. The SMILES string of the molecule is CC(CNC(=O)NCC(=O)NCC(=O)O)N1CCCC1. The van der Waals surface area contributed by atoms with Crippen LogP contribution in [0.5, 0.6) is 0 Å². The Hall–Kier alpha value is -1.83. The second-order valence-corrected chi connectivity index (χ2v) is 4.83. The first-order valence-corrected chi connectivity index (χ1v) is 6.73. The molecule has 0 aromatic carbocycles. The molecule has 0 aromatic rings. The van der Waals surface area contributed by atoms with Crippen LogP contribution in [-0.2, 0) is 9.59 Å². The summed E-state index contributed by atoms with van der Waals surface area (Å²) >= 11 is 0. The van der Waals surface area contributed by atoms with Gasteiger partial charge >= 0.3 is 12.0 Å². The first-order chi connectivity index (χ1) is 9.49. The minimum atomic E-state index is -1.12. The van der Waals surface area contributed by atoms with Crippen molar-refractivity contribution in [3.05, 3.63) is 0 Å². The topological polar surface area (TPSA) is 111 Å². The first kappa shape index (κ1) is 16.2. The third kappa shape index (κ3) is 6.37. The van der Waals surface area contributed by atoms with Gasteiger partial charge in [0.2, 0.25) is 5.91 Å². The molecule has 1 unspecified atom stereocenters. The minimum absolute atomic E-state index is 0.239. The third-order valence-corrected chi connectivity index (χ3v) is 3.17. The molecule has 114 valence electrons. The Morgan fingerprint density at radius 2 is 1.75 bits per heavy atom. The second-order valence-electron chi connectivity index (χ2n) is 4.83. The molecule has 1 rings (SSSR count). The van der Waals surface area contributed by atoms with Crippen molar-refractivity contribution in [3.8, 4) is 0 Å². The highest BCUT2D eigenvalue weighted by Gasteiger charge is 2.18. The predicted molar refractivity (Wildman–Crippen MR) is 72.3 cm³/mol. The summed E-state index contributed by atoms with van der Waals surface area (Å²) in [5, 5.41) is 15.6. The van der Waals surface area contributed by atoms with Crippen LogP contribution in [-0.4, -0.2) is 66.7 Å². The van der Waals surface area contributed by atoms with Crippen LogP contribution >= 0.6 is 0 Å². The number of hydrogen-bond donors (Lipinski definition) is 4. The summed E-state index contributed by atoms with van der Waals surface area (Å²) in [6, 6.07) is -0.161. The molecule has 4 N–H and O–H groups in total. The van der Waals surface area contributed by atoms with Crippen molar-refractivity contribution < 1.29 is 19.5 Å². The summed E-state index contributed by atoms with van der Waals surface area (Å²) < 4.78 is 0. The molecule has 0 aromatic heterocycles. The molecule has 0 aliphatic carbocycles. The van der Waals surface area contributed by atoms with Gasteiger partial charge < -0.3 is 21.1 Å². The number of urea groups is 1. The number of hydrogen-bond acceptors (Lipinski definition) is 4. The number of carboxylic acids is 1. The summed E-state index contributed by atoms with van der Waals surface area (Å²) in [5.74, 6) is -1.66. The van der Waals surface area contributed by atoms with Crippen LogP contribution in [0.25, 0.3) is 0 Å². The lowest BCUT2D eigenvalue weighted by atomic mass is 10.3. The average Bonchev–Trinajstić information content (AvgIpc) is 2.94. The van der Waals surface area contributed by atoms with E-state index in [4.69, 9.17) is 5.11 Å². The summed E-state index contributed by atoms with van der Waals surface area (Å²) in [6.07, 6.45) is 2.39. The van der Waals surface area contributed by atoms with Gasteiger partial charge in [0.15, 0.2) is 0 Å². The first-order valence-electron chi connectivity index (χ1n) is 6.73. The van der Waals surface area contributed by atoms with Gasteiger partial charge in [-0.05, 0) is 32.9 Å². The largest absolute Gasteiger partial charge is 0.480 e. The van der Waals surface area contributed by atoms with E-state index in [1.165, 1.54) is 12.8 Å². The second kappa shape index (κ2) is 8.36. The van der Waals surface area contributed by atoms with E-state index in [0.717, 1.165) is 13.1 Å². The van der Waals surface area contributed by atoms with Gasteiger partial charge in [-0.25, -0.2) is 4.79 Å².